The zero-order valence-electron chi connectivity index (χ0n) is 11.9. The summed E-state index contributed by atoms with van der Waals surface area (Å²) in [6.45, 7) is 0. The third-order valence-electron chi connectivity index (χ3n) is 2.78. The Morgan fingerprint density at radius 2 is 1.40 bits per heavy atom. The van der Waals surface area contributed by atoms with Gasteiger partial charge in [-0.1, -0.05) is 29.1 Å². The number of halogens is 6. The highest BCUT2D eigenvalue weighted by molar-refractivity contribution is 7.85. The molecule has 0 saturated carbocycles. The summed E-state index contributed by atoms with van der Waals surface area (Å²) in [5, 5.41) is 0. The Kier molecular flexibility index (Phi) is 5.60. The summed E-state index contributed by atoms with van der Waals surface area (Å²) >= 11 is 0. The zero-order valence-corrected chi connectivity index (χ0v) is 12.7. The molecular formula is C11H6B2F6O5S. The van der Waals surface area contributed by atoms with Gasteiger partial charge in [0.1, 0.15) is 21.4 Å². The van der Waals surface area contributed by atoms with E-state index < -0.39 is 45.4 Å². The molecule has 4 radical (unpaired) electrons. The van der Waals surface area contributed by atoms with Crippen molar-refractivity contribution in [1.82, 2.24) is 0 Å². The summed E-state index contributed by atoms with van der Waals surface area (Å²) in [7, 11) is 4.67. The lowest BCUT2D eigenvalue weighted by Crippen LogP contribution is -2.63. The van der Waals surface area contributed by atoms with Crippen LogP contribution in [-0.4, -0.2) is 58.3 Å². The predicted molar refractivity (Wildman–Crippen MR) is 73.9 cm³/mol. The molecule has 1 aromatic rings. The van der Waals surface area contributed by atoms with Crippen LogP contribution in [0.5, 0.6) is 0 Å². The van der Waals surface area contributed by atoms with Gasteiger partial charge in [-0.15, -0.1) is 0 Å². The van der Waals surface area contributed by atoms with E-state index in [1.54, 1.807) is 0 Å². The number of hydrogen-bond acceptors (Lipinski definition) is 4. The van der Waals surface area contributed by atoms with E-state index in [-0.39, 0.29) is 10.9 Å². The van der Waals surface area contributed by atoms with Crippen LogP contribution in [0.4, 0.5) is 26.3 Å². The Morgan fingerprint density at radius 3 is 1.72 bits per heavy atom. The number of carbonyl (C=O) groups is 1. The van der Waals surface area contributed by atoms with Crippen LogP contribution in [0.2, 0.25) is 0 Å². The van der Waals surface area contributed by atoms with Gasteiger partial charge in [0, 0.05) is 0 Å². The summed E-state index contributed by atoms with van der Waals surface area (Å²) < 4.78 is 111. The Morgan fingerprint density at radius 1 is 1.00 bits per heavy atom. The van der Waals surface area contributed by atoms with Crippen molar-refractivity contribution >= 4 is 42.7 Å². The van der Waals surface area contributed by atoms with Crippen LogP contribution in [-0.2, 0) is 14.9 Å². The zero-order chi connectivity index (χ0) is 19.8. The van der Waals surface area contributed by atoms with Crippen LogP contribution in [0.1, 0.15) is 10.4 Å². The van der Waals surface area contributed by atoms with E-state index in [4.69, 9.17) is 20.2 Å². The molecule has 0 atom stereocenters. The quantitative estimate of drug-likeness (QED) is 0.346. The largest absolute Gasteiger partial charge is 0.438 e. The molecule has 134 valence electrons. The Balaban J connectivity index is 3.49. The van der Waals surface area contributed by atoms with Crippen molar-refractivity contribution < 1.29 is 48.8 Å². The highest BCUT2D eigenvalue weighted by Crippen LogP contribution is 2.47. The smallest absolute Gasteiger partial charge is 0.435 e. The molecule has 14 heteroatoms. The molecule has 0 saturated heterocycles. The van der Waals surface area contributed by atoms with E-state index in [1.807, 2.05) is 0 Å². The fourth-order valence-corrected chi connectivity index (χ4v) is 2.64. The van der Waals surface area contributed by atoms with Crippen molar-refractivity contribution in [2.45, 2.75) is 18.0 Å². The average molecular weight is 386 g/mol. The number of alkyl halides is 6. The monoisotopic (exact) mass is 386 g/mol. The van der Waals surface area contributed by atoms with E-state index in [9.17, 15) is 39.6 Å². The summed E-state index contributed by atoms with van der Waals surface area (Å²) in [6, 6.07) is 2.39. The number of carbonyl (C=O) groups excluding carboxylic acids is 1. The van der Waals surface area contributed by atoms with Crippen LogP contribution in [0.25, 0.3) is 0 Å². The number of ether oxygens (including phenoxy) is 1. The standard InChI is InChI=1S/C11H6B2F6O5S/c12-6-1-5(2-7(13)3-6)8(20)24-9(10(14,15)16,11(17,18)19)4-25(21,22)23/h1-3H,4H2,(H,21,22,23). The van der Waals surface area contributed by atoms with Gasteiger partial charge in [0.25, 0.3) is 10.1 Å². The molecule has 1 aromatic carbocycles. The topological polar surface area (TPSA) is 80.7 Å². The minimum absolute atomic E-state index is 0.272. The first-order chi connectivity index (χ1) is 11.0. The number of hydrogen-bond donors (Lipinski definition) is 1. The van der Waals surface area contributed by atoms with Gasteiger partial charge < -0.3 is 4.74 Å². The van der Waals surface area contributed by atoms with E-state index >= 15 is 0 Å². The first kappa shape index (κ1) is 21.4. The summed E-state index contributed by atoms with van der Waals surface area (Å²) in [5.74, 6) is -5.17. The Labute approximate surface area is 139 Å². The lowest BCUT2D eigenvalue weighted by atomic mass is 9.85. The van der Waals surface area contributed by atoms with Gasteiger partial charge in [0.05, 0.1) is 5.56 Å². The van der Waals surface area contributed by atoms with Gasteiger partial charge in [-0.3, -0.25) is 4.55 Å². The maximum Gasteiger partial charge on any atom is 0.438 e. The van der Waals surface area contributed by atoms with Crippen molar-refractivity contribution in [2.75, 3.05) is 5.75 Å². The second-order valence-corrected chi connectivity index (χ2v) is 6.28. The molecule has 0 heterocycles. The highest BCUT2D eigenvalue weighted by Gasteiger charge is 2.76. The third kappa shape index (κ3) is 4.91. The molecule has 0 aromatic heterocycles. The molecule has 5 nitrogen and oxygen atoms in total. The lowest BCUT2D eigenvalue weighted by Gasteiger charge is -2.35. The average Bonchev–Trinajstić information content (AvgIpc) is 2.32. The highest BCUT2D eigenvalue weighted by atomic mass is 32.2. The van der Waals surface area contributed by atoms with Crippen LogP contribution in [0, 0.1) is 0 Å². The summed E-state index contributed by atoms with van der Waals surface area (Å²) in [6.07, 6.45) is -12.8. The first-order valence-electron chi connectivity index (χ1n) is 5.96. The van der Waals surface area contributed by atoms with E-state index in [0.717, 1.165) is 6.07 Å². The van der Waals surface area contributed by atoms with Crippen LogP contribution >= 0.6 is 0 Å². The van der Waals surface area contributed by atoms with Gasteiger partial charge in [-0.25, -0.2) is 4.79 Å². The van der Waals surface area contributed by atoms with Gasteiger partial charge in [0.2, 0.25) is 0 Å². The van der Waals surface area contributed by atoms with Crippen LogP contribution in [0.15, 0.2) is 18.2 Å². The SMILES string of the molecule is [B]c1cc([B])cc(C(=O)OC(CS(=O)(=O)O)(C(F)(F)F)C(F)(F)F)c1. The maximum atomic E-state index is 13.0. The summed E-state index contributed by atoms with van der Waals surface area (Å²) in [5.41, 5.74) is -6.92. The molecule has 0 fully saturated rings. The number of esters is 1. The van der Waals surface area contributed by atoms with E-state index in [0.29, 0.717) is 12.1 Å². The van der Waals surface area contributed by atoms with Crippen molar-refractivity contribution in [3.63, 3.8) is 0 Å². The van der Waals surface area contributed by atoms with E-state index in [2.05, 4.69) is 4.74 Å². The van der Waals surface area contributed by atoms with Crippen LogP contribution in [0.3, 0.4) is 0 Å². The third-order valence-corrected chi connectivity index (χ3v) is 3.55. The molecule has 0 amide bonds. The van der Waals surface area contributed by atoms with Gasteiger partial charge >= 0.3 is 23.9 Å². The molecule has 25 heavy (non-hydrogen) atoms. The fraction of sp³-hybridized carbons (Fsp3) is 0.364. The molecule has 0 aliphatic heterocycles. The Bertz CT molecular complexity index is 740. The second kappa shape index (κ2) is 6.56. The van der Waals surface area contributed by atoms with Gasteiger partial charge in [0.15, 0.2) is 0 Å². The second-order valence-electron chi connectivity index (χ2n) is 4.83. The molecule has 0 unspecified atom stereocenters. The number of rotatable bonds is 4. The fourth-order valence-electron chi connectivity index (χ4n) is 1.74. The lowest BCUT2D eigenvalue weighted by molar-refractivity contribution is -0.356. The molecule has 1 N–H and O–H groups in total. The van der Waals surface area contributed by atoms with Crippen LogP contribution < -0.4 is 10.9 Å². The summed E-state index contributed by atoms with van der Waals surface area (Å²) in [4.78, 5) is 11.7. The molecule has 1 rings (SSSR count). The van der Waals surface area contributed by atoms with E-state index in [1.165, 1.54) is 0 Å². The molecule has 0 bridgehead atoms. The van der Waals surface area contributed by atoms with Gasteiger partial charge in [-0.05, 0) is 0 Å². The van der Waals surface area contributed by atoms with Crippen molar-refractivity contribution in [2.24, 2.45) is 0 Å². The Hall–Kier alpha value is -1.69. The van der Waals surface area contributed by atoms with Crippen molar-refractivity contribution in [3.8, 4) is 0 Å². The molecule has 0 aliphatic carbocycles. The minimum atomic E-state index is -6.41. The van der Waals surface area contributed by atoms with Crippen molar-refractivity contribution in [3.05, 3.63) is 23.8 Å². The maximum absolute atomic E-state index is 13.0. The minimum Gasteiger partial charge on any atom is -0.435 e. The molecular weight excluding hydrogens is 380 g/mol. The number of benzene rings is 1. The normalized spacial score (nSPS) is 13.6. The van der Waals surface area contributed by atoms with Gasteiger partial charge in [-0.2, -0.15) is 34.8 Å². The first-order valence-corrected chi connectivity index (χ1v) is 7.57. The molecule has 0 aliphatic rings. The predicted octanol–water partition coefficient (Wildman–Crippen LogP) is 0.182. The molecule has 0 spiro atoms. The van der Waals surface area contributed by atoms with Crippen molar-refractivity contribution in [1.29, 1.82) is 0 Å².